The van der Waals surface area contributed by atoms with Crippen molar-refractivity contribution in [1.29, 1.82) is 0 Å². The Bertz CT molecular complexity index is 629. The highest BCUT2D eigenvalue weighted by Gasteiger charge is 2.13. The minimum Gasteiger partial charge on any atom is -0.481 e. The molecule has 0 spiro atoms. The Hall–Kier alpha value is -1.32. The van der Waals surface area contributed by atoms with Crippen LogP contribution in [0.4, 0.5) is 0 Å². The number of aliphatic carboxylic acids is 1. The SMILES string of the molecule is CCCCCC/C=C\CCCCCCCC(=O)OC(CCCC)CCCCCCCCCCCCCCCCCCC(=O)O. The predicted octanol–water partition coefficient (Wildman–Crippen LogP) is 13.5. The van der Waals surface area contributed by atoms with Crippen LogP contribution in [0.5, 0.6) is 0 Å². The summed E-state index contributed by atoms with van der Waals surface area (Å²) in [6, 6.07) is 0. The molecule has 1 N–H and O–H groups in total. The monoisotopic (exact) mass is 621 g/mol. The van der Waals surface area contributed by atoms with Crippen LogP contribution in [0, 0.1) is 0 Å². The Kier molecular flexibility index (Phi) is 35.1. The second kappa shape index (κ2) is 36.2. The van der Waals surface area contributed by atoms with Gasteiger partial charge >= 0.3 is 11.9 Å². The lowest BCUT2D eigenvalue weighted by Gasteiger charge is -2.18. The first-order valence-electron chi connectivity index (χ1n) is 19.7. The molecule has 260 valence electrons. The molecule has 4 heteroatoms. The second-order valence-corrected chi connectivity index (χ2v) is 13.5. The van der Waals surface area contributed by atoms with Crippen LogP contribution in [0.3, 0.4) is 0 Å². The first kappa shape index (κ1) is 42.7. The van der Waals surface area contributed by atoms with Gasteiger partial charge in [0.15, 0.2) is 0 Å². The number of carbonyl (C=O) groups excluding carboxylic acids is 1. The standard InChI is InChI=1S/C40H76O4/c1-3-5-7-8-9-10-11-16-21-24-27-30-33-37-40(43)44-38(34-6-4-2)35-31-28-25-22-19-17-14-12-13-15-18-20-23-26-29-32-36-39(41)42/h10-11,38H,3-9,12-37H2,1-2H3,(H,41,42)/b11-10-. The summed E-state index contributed by atoms with van der Waals surface area (Å²) in [6.45, 7) is 4.48. The van der Waals surface area contributed by atoms with Crippen molar-refractivity contribution in [2.24, 2.45) is 0 Å². The van der Waals surface area contributed by atoms with Crippen molar-refractivity contribution in [3.05, 3.63) is 12.2 Å². The Morgan fingerprint density at radius 1 is 0.477 bits per heavy atom. The molecule has 0 amide bonds. The third-order valence-electron chi connectivity index (χ3n) is 8.99. The van der Waals surface area contributed by atoms with E-state index in [0.29, 0.717) is 12.8 Å². The molecule has 0 aliphatic rings. The summed E-state index contributed by atoms with van der Waals surface area (Å²) in [5, 5.41) is 8.66. The fourth-order valence-electron chi connectivity index (χ4n) is 6.05. The van der Waals surface area contributed by atoms with Crippen molar-refractivity contribution in [3.8, 4) is 0 Å². The molecule has 0 aliphatic heterocycles. The van der Waals surface area contributed by atoms with E-state index < -0.39 is 5.97 Å². The topological polar surface area (TPSA) is 63.6 Å². The van der Waals surface area contributed by atoms with E-state index in [1.54, 1.807) is 0 Å². The third kappa shape index (κ3) is 35.2. The summed E-state index contributed by atoms with van der Waals surface area (Å²) in [5.41, 5.74) is 0. The quantitative estimate of drug-likeness (QED) is 0.0430. The van der Waals surface area contributed by atoms with Gasteiger partial charge in [-0.25, -0.2) is 0 Å². The lowest BCUT2D eigenvalue weighted by atomic mass is 10.0. The molecule has 0 aromatic heterocycles. The number of ether oxygens (including phenoxy) is 1. The molecule has 0 heterocycles. The molecule has 0 rings (SSSR count). The molecule has 1 atom stereocenters. The van der Waals surface area contributed by atoms with Crippen LogP contribution in [0.25, 0.3) is 0 Å². The highest BCUT2D eigenvalue weighted by Crippen LogP contribution is 2.18. The number of carbonyl (C=O) groups is 2. The molecule has 1 unspecified atom stereocenters. The molecule has 0 aliphatic carbocycles. The summed E-state index contributed by atoms with van der Waals surface area (Å²) < 4.78 is 5.93. The van der Waals surface area contributed by atoms with Gasteiger partial charge in [0.25, 0.3) is 0 Å². The zero-order valence-corrected chi connectivity index (χ0v) is 29.7. The number of carboxylic acids is 1. The van der Waals surface area contributed by atoms with Crippen LogP contribution < -0.4 is 0 Å². The molecule has 0 aromatic rings. The van der Waals surface area contributed by atoms with Crippen molar-refractivity contribution in [1.82, 2.24) is 0 Å². The number of hydrogen-bond acceptors (Lipinski definition) is 3. The zero-order chi connectivity index (χ0) is 32.2. The van der Waals surface area contributed by atoms with E-state index in [2.05, 4.69) is 26.0 Å². The number of allylic oxidation sites excluding steroid dienone is 2. The van der Waals surface area contributed by atoms with Gasteiger partial charge in [0.05, 0.1) is 0 Å². The van der Waals surface area contributed by atoms with Crippen molar-refractivity contribution in [2.75, 3.05) is 0 Å². The maximum absolute atomic E-state index is 12.5. The van der Waals surface area contributed by atoms with Crippen LogP contribution in [0.15, 0.2) is 12.2 Å². The van der Waals surface area contributed by atoms with Crippen molar-refractivity contribution < 1.29 is 19.4 Å². The first-order valence-corrected chi connectivity index (χ1v) is 19.7. The maximum atomic E-state index is 12.5. The lowest BCUT2D eigenvalue weighted by Crippen LogP contribution is -2.18. The van der Waals surface area contributed by atoms with E-state index >= 15 is 0 Å². The van der Waals surface area contributed by atoms with Gasteiger partial charge in [-0.05, 0) is 57.8 Å². The number of esters is 1. The first-order chi connectivity index (χ1) is 21.6. The number of rotatable bonds is 36. The summed E-state index contributed by atoms with van der Waals surface area (Å²) in [7, 11) is 0. The molecule has 0 radical (unpaired) electrons. The van der Waals surface area contributed by atoms with Crippen LogP contribution in [0.2, 0.25) is 0 Å². The van der Waals surface area contributed by atoms with Gasteiger partial charge < -0.3 is 9.84 Å². The Morgan fingerprint density at radius 3 is 1.30 bits per heavy atom. The summed E-state index contributed by atoms with van der Waals surface area (Å²) in [4.78, 5) is 23.0. The fraction of sp³-hybridized carbons (Fsp3) is 0.900. The van der Waals surface area contributed by atoms with E-state index in [4.69, 9.17) is 9.84 Å². The zero-order valence-electron chi connectivity index (χ0n) is 29.7. The van der Waals surface area contributed by atoms with Crippen LogP contribution in [-0.2, 0) is 14.3 Å². The largest absolute Gasteiger partial charge is 0.481 e. The van der Waals surface area contributed by atoms with Crippen molar-refractivity contribution in [3.63, 3.8) is 0 Å². The highest BCUT2D eigenvalue weighted by molar-refractivity contribution is 5.69. The number of carboxylic acid groups (broad SMARTS) is 1. The van der Waals surface area contributed by atoms with Crippen LogP contribution >= 0.6 is 0 Å². The lowest BCUT2D eigenvalue weighted by molar-refractivity contribution is -0.150. The molecule has 0 bridgehead atoms. The Labute approximate surface area is 275 Å². The minimum atomic E-state index is -0.662. The minimum absolute atomic E-state index is 0.0325. The van der Waals surface area contributed by atoms with E-state index in [0.717, 1.165) is 51.4 Å². The van der Waals surface area contributed by atoms with Crippen molar-refractivity contribution in [2.45, 2.75) is 232 Å². The second-order valence-electron chi connectivity index (χ2n) is 13.5. The van der Waals surface area contributed by atoms with Gasteiger partial charge in [0.2, 0.25) is 0 Å². The van der Waals surface area contributed by atoms with Crippen molar-refractivity contribution >= 4 is 11.9 Å². The maximum Gasteiger partial charge on any atom is 0.306 e. The molecule has 0 saturated carbocycles. The molecule has 4 nitrogen and oxygen atoms in total. The highest BCUT2D eigenvalue weighted by atomic mass is 16.5. The van der Waals surface area contributed by atoms with Gasteiger partial charge in [0.1, 0.15) is 6.10 Å². The molecule has 0 saturated heterocycles. The van der Waals surface area contributed by atoms with E-state index in [-0.39, 0.29) is 12.1 Å². The average molecular weight is 621 g/mol. The van der Waals surface area contributed by atoms with E-state index in [1.807, 2.05) is 0 Å². The molecular formula is C40H76O4. The number of hydrogen-bond donors (Lipinski definition) is 1. The molecule has 0 aromatic carbocycles. The normalized spacial score (nSPS) is 12.2. The summed E-state index contributed by atoms with van der Waals surface area (Å²) in [5.74, 6) is -0.630. The van der Waals surface area contributed by atoms with Gasteiger partial charge in [-0.2, -0.15) is 0 Å². The van der Waals surface area contributed by atoms with E-state index in [1.165, 1.54) is 148 Å². The molecule has 44 heavy (non-hydrogen) atoms. The Balaban J connectivity index is 3.60. The van der Waals surface area contributed by atoms with Gasteiger partial charge in [-0.1, -0.05) is 167 Å². The number of unbranched alkanes of at least 4 members (excludes halogenated alkanes) is 25. The molecular weight excluding hydrogens is 544 g/mol. The van der Waals surface area contributed by atoms with Gasteiger partial charge in [-0.15, -0.1) is 0 Å². The van der Waals surface area contributed by atoms with Gasteiger partial charge in [-0.3, -0.25) is 9.59 Å². The third-order valence-corrected chi connectivity index (χ3v) is 8.99. The van der Waals surface area contributed by atoms with Crippen LogP contribution in [0.1, 0.15) is 226 Å². The fourth-order valence-corrected chi connectivity index (χ4v) is 6.05. The summed E-state index contributed by atoms with van der Waals surface area (Å²) >= 11 is 0. The molecule has 0 fully saturated rings. The predicted molar refractivity (Wildman–Crippen MR) is 190 cm³/mol. The van der Waals surface area contributed by atoms with E-state index in [9.17, 15) is 9.59 Å². The smallest absolute Gasteiger partial charge is 0.306 e. The summed E-state index contributed by atoms with van der Waals surface area (Å²) in [6.07, 6.45) is 44.2. The Morgan fingerprint density at radius 2 is 0.841 bits per heavy atom. The van der Waals surface area contributed by atoms with Gasteiger partial charge in [0, 0.05) is 12.8 Å². The average Bonchev–Trinajstić information content (AvgIpc) is 3.01. The van der Waals surface area contributed by atoms with Crippen LogP contribution in [-0.4, -0.2) is 23.1 Å².